The second-order valence-corrected chi connectivity index (χ2v) is 6.67. The molecule has 8 heteroatoms. The molecule has 3 heterocycles. The molecule has 1 aliphatic carbocycles. The molecule has 2 aliphatic rings. The number of thiazole rings is 1. The minimum atomic E-state index is -0.0484. The fourth-order valence-corrected chi connectivity index (χ4v) is 3.36. The molecule has 0 spiro atoms. The van der Waals surface area contributed by atoms with Crippen LogP contribution in [0.3, 0.4) is 0 Å². The lowest BCUT2D eigenvalue weighted by molar-refractivity contribution is -0.117. The highest BCUT2D eigenvalue weighted by Gasteiger charge is 2.34. The molecule has 2 fully saturated rings. The first kappa shape index (κ1) is 13.8. The lowest BCUT2D eigenvalue weighted by Crippen LogP contribution is -2.33. The lowest BCUT2D eigenvalue weighted by atomic mass is 10.2. The summed E-state index contributed by atoms with van der Waals surface area (Å²) in [5, 5.41) is 9.42. The summed E-state index contributed by atoms with van der Waals surface area (Å²) in [6, 6.07) is 0.0818. The molecule has 2 aromatic rings. The molecule has 7 nitrogen and oxygen atoms in total. The molecular formula is C14H17N5O2S. The molecule has 0 unspecified atom stereocenters. The lowest BCUT2D eigenvalue weighted by Gasteiger charge is -2.20. The highest BCUT2D eigenvalue weighted by molar-refractivity contribution is 7.13. The zero-order valence-electron chi connectivity index (χ0n) is 12.1. The van der Waals surface area contributed by atoms with Gasteiger partial charge in [-0.15, -0.1) is 11.3 Å². The van der Waals surface area contributed by atoms with Crippen molar-refractivity contribution in [1.82, 2.24) is 20.0 Å². The average Bonchev–Trinajstić information content (AvgIpc) is 2.95. The molecule has 1 saturated heterocycles. The number of hydrogen-bond donors (Lipinski definition) is 1. The van der Waals surface area contributed by atoms with Crippen molar-refractivity contribution >= 4 is 22.4 Å². The molecule has 1 saturated carbocycles. The Morgan fingerprint density at radius 2 is 2.36 bits per heavy atom. The van der Waals surface area contributed by atoms with Crippen molar-refractivity contribution in [3.05, 3.63) is 23.3 Å². The van der Waals surface area contributed by atoms with E-state index in [1.54, 1.807) is 6.20 Å². The number of hydrogen-bond acceptors (Lipinski definition) is 7. The number of rotatable bonds is 5. The van der Waals surface area contributed by atoms with Crippen LogP contribution in [0.5, 0.6) is 0 Å². The fraction of sp³-hybridized carbons (Fsp3) is 0.571. The molecular weight excluding hydrogens is 302 g/mol. The highest BCUT2D eigenvalue weighted by Crippen LogP contribution is 2.40. The van der Waals surface area contributed by atoms with Gasteiger partial charge < -0.3 is 9.84 Å². The molecule has 1 atom stereocenters. The molecule has 116 valence electrons. The Morgan fingerprint density at radius 3 is 3.14 bits per heavy atom. The Kier molecular flexibility index (Phi) is 3.63. The van der Waals surface area contributed by atoms with Gasteiger partial charge in [-0.3, -0.25) is 9.69 Å². The molecule has 0 aromatic carbocycles. The number of carbonyl (C=O) groups is 1. The molecule has 1 aliphatic heterocycles. The maximum atomic E-state index is 12.1. The summed E-state index contributed by atoms with van der Waals surface area (Å²) in [6.45, 7) is 1.21. The number of likely N-dealkylation sites (tertiary alicyclic amines) is 1. The van der Waals surface area contributed by atoms with E-state index in [0.717, 1.165) is 43.9 Å². The van der Waals surface area contributed by atoms with E-state index in [1.807, 2.05) is 5.38 Å². The third-order valence-corrected chi connectivity index (χ3v) is 4.76. The maximum Gasteiger partial charge on any atom is 0.240 e. The predicted octanol–water partition coefficient (Wildman–Crippen LogP) is 2.18. The van der Waals surface area contributed by atoms with Gasteiger partial charge in [0.1, 0.15) is 0 Å². The average molecular weight is 319 g/mol. The normalized spacial score (nSPS) is 22.1. The largest absolute Gasteiger partial charge is 0.339 e. The van der Waals surface area contributed by atoms with Gasteiger partial charge in [-0.25, -0.2) is 4.98 Å². The van der Waals surface area contributed by atoms with Gasteiger partial charge in [0, 0.05) is 17.5 Å². The van der Waals surface area contributed by atoms with Gasteiger partial charge in [0.15, 0.2) is 11.0 Å². The second-order valence-electron chi connectivity index (χ2n) is 5.78. The van der Waals surface area contributed by atoms with Crippen LogP contribution in [0.4, 0.5) is 5.13 Å². The Balaban J connectivity index is 1.40. The highest BCUT2D eigenvalue weighted by atomic mass is 32.1. The summed E-state index contributed by atoms with van der Waals surface area (Å²) in [7, 11) is 0. The molecule has 1 N–H and O–H groups in total. The van der Waals surface area contributed by atoms with Gasteiger partial charge in [-0.1, -0.05) is 5.16 Å². The Morgan fingerprint density at radius 1 is 1.45 bits per heavy atom. The molecule has 22 heavy (non-hydrogen) atoms. The molecule has 1 amide bonds. The number of aromatic nitrogens is 3. The van der Waals surface area contributed by atoms with Crippen molar-refractivity contribution < 1.29 is 9.32 Å². The predicted molar refractivity (Wildman–Crippen MR) is 80.6 cm³/mol. The molecule has 0 bridgehead atoms. The monoisotopic (exact) mass is 319 g/mol. The van der Waals surface area contributed by atoms with Crippen LogP contribution in [0.15, 0.2) is 16.1 Å². The van der Waals surface area contributed by atoms with Crippen molar-refractivity contribution in [2.45, 2.75) is 37.6 Å². The summed E-state index contributed by atoms with van der Waals surface area (Å²) in [5.74, 6) is 1.90. The number of amides is 1. The SMILES string of the molecule is O=C(CN1CCC[C@H]1c1noc(C2CC2)n1)Nc1nccs1. The summed E-state index contributed by atoms with van der Waals surface area (Å²) < 4.78 is 5.34. The van der Waals surface area contributed by atoms with Gasteiger partial charge in [-0.2, -0.15) is 4.98 Å². The van der Waals surface area contributed by atoms with E-state index in [-0.39, 0.29) is 11.9 Å². The maximum absolute atomic E-state index is 12.1. The first-order valence-corrected chi connectivity index (χ1v) is 8.44. The van der Waals surface area contributed by atoms with Gasteiger partial charge in [0.05, 0.1) is 12.6 Å². The van der Waals surface area contributed by atoms with Crippen LogP contribution in [0, 0.1) is 0 Å². The first-order valence-electron chi connectivity index (χ1n) is 7.56. The molecule has 4 rings (SSSR count). The van der Waals surface area contributed by atoms with Gasteiger partial charge in [-0.05, 0) is 32.2 Å². The van der Waals surface area contributed by atoms with Gasteiger partial charge >= 0.3 is 0 Å². The van der Waals surface area contributed by atoms with E-state index in [1.165, 1.54) is 11.3 Å². The number of nitrogens with one attached hydrogen (secondary N) is 1. The zero-order valence-corrected chi connectivity index (χ0v) is 12.9. The van der Waals surface area contributed by atoms with Crippen LogP contribution in [-0.4, -0.2) is 39.0 Å². The summed E-state index contributed by atoms with van der Waals surface area (Å²) in [6.07, 6.45) is 5.98. The zero-order chi connectivity index (χ0) is 14.9. The van der Waals surface area contributed by atoms with Gasteiger partial charge in [0.25, 0.3) is 0 Å². The Labute approximate surface area is 131 Å². The van der Waals surface area contributed by atoms with Crippen molar-refractivity contribution in [2.75, 3.05) is 18.4 Å². The standard InChI is InChI=1S/C14H17N5O2S/c20-11(16-14-15-5-7-22-14)8-19-6-1-2-10(19)12-17-13(21-18-12)9-3-4-9/h5,7,9-10H,1-4,6,8H2,(H,15,16,20)/t10-/m0/s1. The van der Waals surface area contributed by atoms with E-state index in [0.29, 0.717) is 17.6 Å². The number of nitrogens with zero attached hydrogens (tertiary/aromatic N) is 4. The minimum Gasteiger partial charge on any atom is -0.339 e. The first-order chi connectivity index (χ1) is 10.8. The van der Waals surface area contributed by atoms with E-state index in [9.17, 15) is 4.79 Å². The van der Waals surface area contributed by atoms with Crippen LogP contribution in [0.1, 0.15) is 49.4 Å². The van der Waals surface area contributed by atoms with E-state index < -0.39 is 0 Å². The third kappa shape index (κ3) is 2.89. The van der Waals surface area contributed by atoms with E-state index in [4.69, 9.17) is 4.52 Å². The number of carbonyl (C=O) groups excluding carboxylic acids is 1. The van der Waals surface area contributed by atoms with Crippen molar-refractivity contribution in [1.29, 1.82) is 0 Å². The van der Waals surface area contributed by atoms with Crippen LogP contribution in [-0.2, 0) is 4.79 Å². The minimum absolute atomic E-state index is 0.0484. The van der Waals surface area contributed by atoms with Crippen LogP contribution in [0.2, 0.25) is 0 Å². The smallest absolute Gasteiger partial charge is 0.240 e. The summed E-state index contributed by atoms with van der Waals surface area (Å²) >= 11 is 1.42. The quantitative estimate of drug-likeness (QED) is 0.909. The van der Waals surface area contributed by atoms with E-state index in [2.05, 4.69) is 25.3 Å². The van der Waals surface area contributed by atoms with E-state index >= 15 is 0 Å². The molecule has 0 radical (unpaired) electrons. The van der Waals surface area contributed by atoms with Crippen LogP contribution >= 0.6 is 11.3 Å². The number of anilines is 1. The van der Waals surface area contributed by atoms with Crippen molar-refractivity contribution in [2.24, 2.45) is 0 Å². The fourth-order valence-electron chi connectivity index (χ4n) is 2.81. The summed E-state index contributed by atoms with van der Waals surface area (Å²) in [4.78, 5) is 22.8. The van der Waals surface area contributed by atoms with Crippen LogP contribution in [0.25, 0.3) is 0 Å². The molecule has 2 aromatic heterocycles. The van der Waals surface area contributed by atoms with Crippen molar-refractivity contribution in [3.63, 3.8) is 0 Å². The Bertz CT molecular complexity index is 652. The third-order valence-electron chi connectivity index (χ3n) is 4.07. The summed E-state index contributed by atoms with van der Waals surface area (Å²) in [5.41, 5.74) is 0. The second kappa shape index (κ2) is 5.77. The van der Waals surface area contributed by atoms with Gasteiger partial charge in [0.2, 0.25) is 11.8 Å². The topological polar surface area (TPSA) is 84.2 Å². The van der Waals surface area contributed by atoms with Crippen LogP contribution < -0.4 is 5.32 Å². The Hall–Kier alpha value is -1.80. The van der Waals surface area contributed by atoms with Crippen molar-refractivity contribution in [3.8, 4) is 0 Å².